The molecule has 0 fully saturated rings. The maximum atomic E-state index is 13.9. The molecule has 13 heteroatoms. The van der Waals surface area contributed by atoms with Crippen LogP contribution in [-0.4, -0.2) is 44.1 Å². The maximum Gasteiger partial charge on any atom is 0.332 e. The highest BCUT2D eigenvalue weighted by Gasteiger charge is 2.21. The van der Waals surface area contributed by atoms with Crippen molar-refractivity contribution in [3.8, 4) is 23.5 Å². The minimum Gasteiger partial charge on any atom is -0.305 e. The largest absolute Gasteiger partial charge is 0.332 e. The van der Waals surface area contributed by atoms with Gasteiger partial charge in [-0.25, -0.2) is 32.8 Å². The minimum absolute atomic E-state index is 0.0880. The molecule has 1 aromatic carbocycles. The fourth-order valence-corrected chi connectivity index (χ4v) is 4.20. The van der Waals surface area contributed by atoms with Crippen molar-refractivity contribution in [2.24, 2.45) is 0 Å². The number of benzene rings is 1. The van der Waals surface area contributed by atoms with Crippen molar-refractivity contribution in [3.63, 3.8) is 0 Å². The Hall–Kier alpha value is -5.25. The standard InChI is InChI=1S/C24H16F2N10O/c1-12-3-5-21(32-31-12)35-19-9-18-16(8-17(19)29-24(35)37)28-11-34(18)20-6-4-15(22(25)26)23(30-20)36-13(2)7-14(10-27)33-36/h3-9,11,22H,1-2H3,(H,29,37). The Balaban J connectivity index is 1.56. The molecule has 0 unspecified atom stereocenters. The molecule has 0 aliphatic heterocycles. The third-order valence-electron chi connectivity index (χ3n) is 5.94. The number of fused-ring (bicyclic) bond motifs is 2. The van der Waals surface area contributed by atoms with Gasteiger partial charge in [0.15, 0.2) is 17.3 Å². The molecule has 182 valence electrons. The third kappa shape index (κ3) is 3.54. The van der Waals surface area contributed by atoms with Crippen molar-refractivity contribution in [2.75, 3.05) is 0 Å². The summed E-state index contributed by atoms with van der Waals surface area (Å²) in [5.74, 6) is 0.550. The van der Waals surface area contributed by atoms with Gasteiger partial charge in [-0.15, -0.1) is 5.10 Å². The molecule has 5 aromatic heterocycles. The average molecular weight is 498 g/mol. The molecule has 6 aromatic rings. The summed E-state index contributed by atoms with van der Waals surface area (Å²) in [7, 11) is 0. The van der Waals surface area contributed by atoms with Crippen molar-refractivity contribution >= 4 is 22.1 Å². The first-order valence-corrected chi connectivity index (χ1v) is 11.0. The van der Waals surface area contributed by atoms with Crippen molar-refractivity contribution in [3.05, 3.63) is 81.9 Å². The fraction of sp³-hybridized carbons (Fsp3) is 0.125. The second-order valence-electron chi connectivity index (χ2n) is 8.35. The number of aryl methyl sites for hydroxylation is 2. The van der Waals surface area contributed by atoms with Crippen LogP contribution in [0, 0.1) is 25.2 Å². The van der Waals surface area contributed by atoms with E-state index in [1.165, 1.54) is 33.8 Å². The van der Waals surface area contributed by atoms with Crippen LogP contribution in [0.4, 0.5) is 8.78 Å². The molecule has 0 spiro atoms. The van der Waals surface area contributed by atoms with Crippen LogP contribution < -0.4 is 5.69 Å². The Morgan fingerprint density at radius 2 is 1.84 bits per heavy atom. The van der Waals surface area contributed by atoms with E-state index < -0.39 is 12.1 Å². The van der Waals surface area contributed by atoms with Gasteiger partial charge in [0.05, 0.1) is 33.3 Å². The van der Waals surface area contributed by atoms with Crippen LogP contribution in [0.25, 0.3) is 39.5 Å². The van der Waals surface area contributed by atoms with Crippen molar-refractivity contribution in [1.82, 2.24) is 44.1 Å². The lowest BCUT2D eigenvalue weighted by atomic mass is 10.2. The molecule has 0 aliphatic rings. The molecule has 5 heterocycles. The van der Waals surface area contributed by atoms with E-state index in [0.29, 0.717) is 45.1 Å². The number of hydrogen-bond acceptors (Lipinski definition) is 7. The molecule has 6 rings (SSSR count). The second-order valence-corrected chi connectivity index (χ2v) is 8.35. The first-order chi connectivity index (χ1) is 17.8. The zero-order valence-corrected chi connectivity index (χ0v) is 19.4. The van der Waals surface area contributed by atoms with Gasteiger partial charge >= 0.3 is 5.69 Å². The molecule has 1 N–H and O–H groups in total. The van der Waals surface area contributed by atoms with E-state index in [0.717, 1.165) is 0 Å². The van der Waals surface area contributed by atoms with Gasteiger partial charge in [-0.3, -0.25) is 4.57 Å². The Morgan fingerprint density at radius 3 is 2.54 bits per heavy atom. The number of alkyl halides is 2. The van der Waals surface area contributed by atoms with Crippen LogP contribution in [0.15, 0.2) is 53.6 Å². The van der Waals surface area contributed by atoms with Gasteiger partial charge in [0, 0.05) is 5.69 Å². The number of halogens is 2. The zero-order valence-electron chi connectivity index (χ0n) is 19.4. The number of rotatable bonds is 4. The molecule has 0 amide bonds. The molecule has 0 saturated heterocycles. The van der Waals surface area contributed by atoms with Crippen molar-refractivity contribution in [2.45, 2.75) is 20.3 Å². The first kappa shape index (κ1) is 22.2. The van der Waals surface area contributed by atoms with Gasteiger partial charge in [-0.05, 0) is 56.3 Å². The molecule has 0 radical (unpaired) electrons. The number of imidazole rings is 2. The molecular formula is C24H16F2N10O. The number of aromatic amines is 1. The lowest BCUT2D eigenvalue weighted by Gasteiger charge is -2.12. The molecule has 0 aliphatic carbocycles. The second kappa shape index (κ2) is 8.16. The van der Waals surface area contributed by atoms with Gasteiger partial charge < -0.3 is 4.98 Å². The predicted molar refractivity (Wildman–Crippen MR) is 128 cm³/mol. The lowest BCUT2D eigenvalue weighted by Crippen LogP contribution is -2.16. The van der Waals surface area contributed by atoms with Gasteiger partial charge in [0.1, 0.15) is 18.2 Å². The monoisotopic (exact) mass is 498 g/mol. The summed E-state index contributed by atoms with van der Waals surface area (Å²) in [4.78, 5) is 24.4. The van der Waals surface area contributed by atoms with E-state index in [9.17, 15) is 18.8 Å². The first-order valence-electron chi connectivity index (χ1n) is 11.0. The number of nitrogens with one attached hydrogen (secondary N) is 1. The Kier molecular flexibility index (Phi) is 4.90. The number of nitriles is 1. The number of hydrogen-bond donors (Lipinski definition) is 1. The van der Waals surface area contributed by atoms with E-state index >= 15 is 0 Å². The number of aromatic nitrogens is 9. The topological polar surface area (TPSA) is 136 Å². The predicted octanol–water partition coefficient (Wildman–Crippen LogP) is 3.45. The summed E-state index contributed by atoms with van der Waals surface area (Å²) in [5, 5.41) is 21.4. The number of H-pyrrole nitrogens is 1. The van der Waals surface area contributed by atoms with E-state index in [2.05, 4.69) is 30.2 Å². The van der Waals surface area contributed by atoms with Crippen LogP contribution >= 0.6 is 0 Å². The molecular weight excluding hydrogens is 482 g/mol. The highest BCUT2D eigenvalue weighted by atomic mass is 19.3. The third-order valence-corrected chi connectivity index (χ3v) is 5.94. The number of pyridine rings is 1. The van der Waals surface area contributed by atoms with Crippen LogP contribution in [-0.2, 0) is 0 Å². The SMILES string of the molecule is Cc1ccc(-n2c(=O)[nH]c3cc4ncn(-c5ccc(C(F)F)c(-n6nc(C#N)cc6C)n5)c4cc32)nn1. The zero-order chi connectivity index (χ0) is 25.8. The summed E-state index contributed by atoms with van der Waals surface area (Å²) in [5.41, 5.74) is 2.77. The van der Waals surface area contributed by atoms with Gasteiger partial charge in [0.2, 0.25) is 0 Å². The summed E-state index contributed by atoms with van der Waals surface area (Å²) < 4.78 is 32.0. The summed E-state index contributed by atoms with van der Waals surface area (Å²) in [6, 6.07) is 13.0. The Morgan fingerprint density at radius 1 is 1.03 bits per heavy atom. The van der Waals surface area contributed by atoms with Gasteiger partial charge in [-0.1, -0.05) is 0 Å². The lowest BCUT2D eigenvalue weighted by molar-refractivity contribution is 0.150. The fourth-order valence-electron chi connectivity index (χ4n) is 4.20. The van der Waals surface area contributed by atoms with E-state index in [1.807, 2.05) is 6.07 Å². The molecule has 11 nitrogen and oxygen atoms in total. The van der Waals surface area contributed by atoms with Crippen LogP contribution in [0.5, 0.6) is 0 Å². The van der Waals surface area contributed by atoms with Crippen LogP contribution in [0.3, 0.4) is 0 Å². The summed E-state index contributed by atoms with van der Waals surface area (Å²) in [6.07, 6.45) is -1.29. The average Bonchev–Trinajstić information content (AvgIpc) is 3.56. The van der Waals surface area contributed by atoms with E-state index in [4.69, 9.17) is 0 Å². The maximum absolute atomic E-state index is 13.9. The van der Waals surface area contributed by atoms with Crippen LogP contribution in [0.1, 0.15) is 29.1 Å². The summed E-state index contributed by atoms with van der Waals surface area (Å²) in [6.45, 7) is 3.45. The highest BCUT2D eigenvalue weighted by Crippen LogP contribution is 2.29. The van der Waals surface area contributed by atoms with Crippen molar-refractivity contribution in [1.29, 1.82) is 5.26 Å². The molecule has 37 heavy (non-hydrogen) atoms. The van der Waals surface area contributed by atoms with Gasteiger partial charge in [0.25, 0.3) is 6.43 Å². The quantitative estimate of drug-likeness (QED) is 0.393. The normalized spacial score (nSPS) is 11.6. The highest BCUT2D eigenvalue weighted by molar-refractivity contribution is 5.93. The molecule has 0 saturated carbocycles. The minimum atomic E-state index is -2.81. The molecule has 0 bridgehead atoms. The van der Waals surface area contributed by atoms with Gasteiger partial charge in [-0.2, -0.15) is 15.5 Å². The molecule has 0 atom stereocenters. The van der Waals surface area contributed by atoms with Crippen LogP contribution in [0.2, 0.25) is 0 Å². The Bertz CT molecular complexity index is 1920. The van der Waals surface area contributed by atoms with Crippen molar-refractivity contribution < 1.29 is 8.78 Å². The summed E-state index contributed by atoms with van der Waals surface area (Å²) >= 11 is 0. The number of nitrogens with zero attached hydrogens (tertiary/aromatic N) is 9. The van der Waals surface area contributed by atoms with E-state index in [-0.39, 0.29) is 17.1 Å². The van der Waals surface area contributed by atoms with E-state index in [1.54, 1.807) is 42.7 Å². The Labute approximate surface area is 206 Å². The smallest absolute Gasteiger partial charge is 0.305 e.